The Morgan fingerprint density at radius 2 is 1.80 bits per heavy atom. The molecular formula is C20H23NO4. The van der Waals surface area contributed by atoms with E-state index in [0.717, 1.165) is 22.2 Å². The molecule has 0 N–H and O–H groups in total. The molecule has 0 spiro atoms. The molecule has 5 nitrogen and oxygen atoms in total. The van der Waals surface area contributed by atoms with Gasteiger partial charge in [-0.3, -0.25) is 9.59 Å². The maximum Gasteiger partial charge on any atom is 0.323 e. The maximum absolute atomic E-state index is 12.7. The third-order valence-corrected chi connectivity index (χ3v) is 5.54. The molecule has 1 aliphatic rings. The number of aryl methyl sites for hydroxylation is 1. The number of carbonyl (C=O) groups is 2. The first kappa shape index (κ1) is 17.3. The zero-order valence-corrected chi connectivity index (χ0v) is 15.1. The van der Waals surface area contributed by atoms with Crippen LogP contribution in [0.1, 0.15) is 24.6 Å². The first-order valence-corrected chi connectivity index (χ1v) is 8.22. The number of benzene rings is 1. The van der Waals surface area contributed by atoms with Crippen molar-refractivity contribution in [3.63, 3.8) is 0 Å². The largest absolute Gasteiger partial charge is 0.468 e. The molecule has 25 heavy (non-hydrogen) atoms. The molecule has 5 heteroatoms. The molecule has 0 bridgehead atoms. The Balaban J connectivity index is 2.36. The van der Waals surface area contributed by atoms with E-state index in [9.17, 15) is 9.59 Å². The van der Waals surface area contributed by atoms with Gasteiger partial charge in [-0.1, -0.05) is 31.2 Å². The quantitative estimate of drug-likeness (QED) is 0.489. The minimum atomic E-state index is -1.37. The highest BCUT2D eigenvalue weighted by molar-refractivity contribution is 6.02. The Bertz CT molecular complexity index is 863. The number of hydrogen-bond acceptors (Lipinski definition) is 4. The number of allylic oxidation sites excluding steroid dienone is 1. The van der Waals surface area contributed by atoms with E-state index in [-0.39, 0.29) is 12.8 Å². The maximum atomic E-state index is 12.7. The third kappa shape index (κ3) is 2.22. The molecule has 0 aliphatic heterocycles. The number of para-hydroxylation sites is 1. The van der Waals surface area contributed by atoms with Gasteiger partial charge in [-0.2, -0.15) is 0 Å². The lowest BCUT2D eigenvalue weighted by molar-refractivity contribution is -0.171. The molecule has 0 amide bonds. The summed E-state index contributed by atoms with van der Waals surface area (Å²) >= 11 is 0. The number of rotatable bonds is 3. The monoisotopic (exact) mass is 341 g/mol. The standard InChI is InChI=1S/C20H23NO4/c1-6-19(2)12-20(17(22)24-4,18(23)25-5)11-15-16(19)13-9-7-8-10-14(13)21(15)3/h6-10H,1,11-12H2,2-5H3. The predicted molar refractivity (Wildman–Crippen MR) is 95.3 cm³/mol. The lowest BCUT2D eigenvalue weighted by Gasteiger charge is -2.41. The molecule has 0 fully saturated rings. The van der Waals surface area contributed by atoms with E-state index in [1.165, 1.54) is 14.2 Å². The molecule has 1 atom stereocenters. The van der Waals surface area contributed by atoms with Crippen LogP contribution in [0.2, 0.25) is 0 Å². The summed E-state index contributed by atoms with van der Waals surface area (Å²) < 4.78 is 12.0. The average Bonchev–Trinajstić information content (AvgIpc) is 2.93. The normalized spacial score (nSPS) is 21.4. The molecule has 2 aromatic rings. The highest BCUT2D eigenvalue weighted by atomic mass is 16.5. The van der Waals surface area contributed by atoms with Gasteiger partial charge in [-0.05, 0) is 18.1 Å². The van der Waals surface area contributed by atoms with E-state index in [1.54, 1.807) is 0 Å². The fraction of sp³-hybridized carbons (Fsp3) is 0.400. The van der Waals surface area contributed by atoms with Crippen LogP contribution in [0.4, 0.5) is 0 Å². The van der Waals surface area contributed by atoms with E-state index in [2.05, 4.69) is 12.6 Å². The molecule has 0 saturated carbocycles. The van der Waals surface area contributed by atoms with Crippen molar-refractivity contribution in [3.8, 4) is 0 Å². The van der Waals surface area contributed by atoms with Gasteiger partial charge in [0.05, 0.1) is 14.2 Å². The van der Waals surface area contributed by atoms with E-state index >= 15 is 0 Å². The van der Waals surface area contributed by atoms with Gasteiger partial charge in [0.15, 0.2) is 5.41 Å². The Hall–Kier alpha value is -2.56. The van der Waals surface area contributed by atoms with Crippen molar-refractivity contribution in [1.29, 1.82) is 0 Å². The first-order valence-electron chi connectivity index (χ1n) is 8.22. The first-order chi connectivity index (χ1) is 11.8. The van der Waals surface area contributed by atoms with Crippen LogP contribution in [0.15, 0.2) is 36.9 Å². The second-order valence-electron chi connectivity index (χ2n) is 6.94. The Labute approximate surface area is 147 Å². The molecule has 1 heterocycles. The van der Waals surface area contributed by atoms with Crippen molar-refractivity contribution < 1.29 is 19.1 Å². The van der Waals surface area contributed by atoms with Gasteiger partial charge in [0.2, 0.25) is 0 Å². The highest BCUT2D eigenvalue weighted by Crippen LogP contribution is 2.51. The molecule has 1 aromatic carbocycles. The summed E-state index contributed by atoms with van der Waals surface area (Å²) in [4.78, 5) is 25.3. The summed E-state index contributed by atoms with van der Waals surface area (Å²) in [7, 11) is 4.56. The SMILES string of the molecule is C=CC1(C)CC(C(=O)OC)(C(=O)OC)Cc2c1c1ccccc1n2C. The van der Waals surface area contributed by atoms with Crippen LogP contribution in [0, 0.1) is 5.41 Å². The summed E-state index contributed by atoms with van der Waals surface area (Å²) in [6, 6.07) is 8.08. The van der Waals surface area contributed by atoms with Gasteiger partial charge in [0, 0.05) is 35.5 Å². The summed E-state index contributed by atoms with van der Waals surface area (Å²) in [5.74, 6) is -1.13. The van der Waals surface area contributed by atoms with Gasteiger partial charge in [0.25, 0.3) is 0 Å². The Morgan fingerprint density at radius 1 is 1.20 bits per heavy atom. The third-order valence-electron chi connectivity index (χ3n) is 5.54. The lowest BCUT2D eigenvalue weighted by atomic mass is 9.61. The number of fused-ring (bicyclic) bond motifs is 3. The predicted octanol–water partition coefficient (Wildman–Crippen LogP) is 2.90. The van der Waals surface area contributed by atoms with Gasteiger partial charge < -0.3 is 14.0 Å². The fourth-order valence-corrected chi connectivity index (χ4v) is 4.29. The second kappa shape index (κ2) is 5.76. The molecule has 0 saturated heterocycles. The van der Waals surface area contributed by atoms with Crippen molar-refractivity contribution in [1.82, 2.24) is 4.57 Å². The zero-order chi connectivity index (χ0) is 18.4. The number of carbonyl (C=O) groups excluding carboxylic acids is 2. The molecule has 132 valence electrons. The fourth-order valence-electron chi connectivity index (χ4n) is 4.29. The van der Waals surface area contributed by atoms with Crippen molar-refractivity contribution in [2.24, 2.45) is 12.5 Å². The highest BCUT2D eigenvalue weighted by Gasteiger charge is 2.57. The van der Waals surface area contributed by atoms with E-state index < -0.39 is 22.8 Å². The molecule has 1 aliphatic carbocycles. The van der Waals surface area contributed by atoms with Crippen LogP contribution in [0.3, 0.4) is 0 Å². The summed E-state index contributed by atoms with van der Waals surface area (Å²) in [6.45, 7) is 6.00. The zero-order valence-electron chi connectivity index (χ0n) is 15.1. The summed E-state index contributed by atoms with van der Waals surface area (Å²) in [5.41, 5.74) is 1.18. The molecule has 0 radical (unpaired) electrons. The minimum Gasteiger partial charge on any atom is -0.468 e. The van der Waals surface area contributed by atoms with Crippen molar-refractivity contribution in [2.75, 3.05) is 14.2 Å². The molecule has 3 rings (SSSR count). The Morgan fingerprint density at radius 3 is 2.36 bits per heavy atom. The minimum absolute atomic E-state index is 0.246. The number of esters is 2. The second-order valence-corrected chi connectivity index (χ2v) is 6.94. The number of methoxy groups -OCH3 is 2. The summed E-state index contributed by atoms with van der Waals surface area (Å²) in [5, 5.41) is 1.12. The van der Waals surface area contributed by atoms with E-state index in [0.29, 0.717) is 0 Å². The van der Waals surface area contributed by atoms with Crippen molar-refractivity contribution in [2.45, 2.75) is 25.2 Å². The van der Waals surface area contributed by atoms with Crippen molar-refractivity contribution >= 4 is 22.8 Å². The average molecular weight is 341 g/mol. The van der Waals surface area contributed by atoms with Crippen LogP contribution in [-0.2, 0) is 37.9 Å². The van der Waals surface area contributed by atoms with Crippen molar-refractivity contribution in [3.05, 3.63) is 48.2 Å². The van der Waals surface area contributed by atoms with Gasteiger partial charge in [-0.15, -0.1) is 6.58 Å². The van der Waals surface area contributed by atoms with Gasteiger partial charge in [-0.25, -0.2) is 0 Å². The van der Waals surface area contributed by atoms with Crippen LogP contribution in [0.5, 0.6) is 0 Å². The Kier molecular flexibility index (Phi) is 3.98. The van der Waals surface area contributed by atoms with Crippen LogP contribution < -0.4 is 0 Å². The smallest absolute Gasteiger partial charge is 0.323 e. The topological polar surface area (TPSA) is 57.5 Å². The number of ether oxygens (including phenoxy) is 2. The van der Waals surface area contributed by atoms with Crippen LogP contribution in [-0.4, -0.2) is 30.7 Å². The van der Waals surface area contributed by atoms with Crippen LogP contribution in [0.25, 0.3) is 10.9 Å². The van der Waals surface area contributed by atoms with Gasteiger partial charge >= 0.3 is 11.9 Å². The lowest BCUT2D eigenvalue weighted by Crippen LogP contribution is -2.50. The number of aromatic nitrogens is 1. The number of hydrogen-bond donors (Lipinski definition) is 0. The molecular weight excluding hydrogens is 318 g/mol. The van der Waals surface area contributed by atoms with Crippen LogP contribution >= 0.6 is 0 Å². The van der Waals surface area contributed by atoms with E-state index in [1.807, 2.05) is 42.8 Å². The summed E-state index contributed by atoms with van der Waals surface area (Å²) in [6.07, 6.45) is 2.33. The number of nitrogens with zero attached hydrogens (tertiary/aromatic N) is 1. The van der Waals surface area contributed by atoms with E-state index in [4.69, 9.17) is 9.47 Å². The van der Waals surface area contributed by atoms with Gasteiger partial charge in [0.1, 0.15) is 0 Å². The molecule has 1 aromatic heterocycles. The molecule has 1 unspecified atom stereocenters.